The van der Waals surface area contributed by atoms with Gasteiger partial charge in [0.1, 0.15) is 6.61 Å². The summed E-state index contributed by atoms with van der Waals surface area (Å²) < 4.78 is 10.6. The molecule has 152 valence electrons. The molecule has 28 heavy (non-hydrogen) atoms. The molecule has 1 aromatic carbocycles. The summed E-state index contributed by atoms with van der Waals surface area (Å²) in [5, 5.41) is 2.95. The van der Waals surface area contributed by atoms with Crippen LogP contribution in [0.5, 0.6) is 0 Å². The number of anilines is 1. The molecule has 1 heterocycles. The van der Waals surface area contributed by atoms with Crippen molar-refractivity contribution < 1.29 is 19.1 Å². The Morgan fingerprint density at radius 3 is 2.46 bits per heavy atom. The molecule has 1 aliphatic heterocycles. The summed E-state index contributed by atoms with van der Waals surface area (Å²) in [6, 6.07) is 7.54. The lowest BCUT2D eigenvalue weighted by molar-refractivity contribution is -0.125. The molecule has 2 rings (SSSR count). The van der Waals surface area contributed by atoms with Crippen molar-refractivity contribution in [3.8, 4) is 0 Å². The van der Waals surface area contributed by atoms with Gasteiger partial charge in [0.2, 0.25) is 5.91 Å². The molecule has 0 aromatic heterocycles. The molecule has 0 saturated carbocycles. The number of carbonyl (C=O) groups excluding carboxylic acids is 2. The number of hydrogen-bond acceptors (Lipinski definition) is 5. The Morgan fingerprint density at radius 1 is 1.18 bits per heavy atom. The van der Waals surface area contributed by atoms with Crippen LogP contribution in [0.2, 0.25) is 0 Å². The topological polar surface area (TPSA) is 67.9 Å². The molecular formula is C22H30N2O4. The Labute approximate surface area is 167 Å². The molecule has 1 aliphatic rings. The van der Waals surface area contributed by atoms with Crippen LogP contribution in [0.15, 0.2) is 49.3 Å². The summed E-state index contributed by atoms with van der Waals surface area (Å²) >= 11 is 0. The van der Waals surface area contributed by atoms with Crippen molar-refractivity contribution in [2.24, 2.45) is 5.92 Å². The van der Waals surface area contributed by atoms with Gasteiger partial charge in [-0.25, -0.2) is 0 Å². The van der Waals surface area contributed by atoms with Gasteiger partial charge in [-0.15, -0.1) is 0 Å². The fourth-order valence-corrected chi connectivity index (χ4v) is 3.12. The van der Waals surface area contributed by atoms with Gasteiger partial charge in [-0.3, -0.25) is 9.59 Å². The normalized spacial score (nSPS) is 14.4. The zero-order valence-electron chi connectivity index (χ0n) is 16.6. The zero-order chi connectivity index (χ0) is 20.4. The second-order valence-electron chi connectivity index (χ2n) is 6.83. The molecule has 1 saturated heterocycles. The van der Waals surface area contributed by atoms with Crippen molar-refractivity contribution in [3.63, 3.8) is 0 Å². The predicted molar refractivity (Wildman–Crippen MR) is 111 cm³/mol. The van der Waals surface area contributed by atoms with E-state index in [1.165, 1.54) is 6.08 Å². The average Bonchev–Trinajstić information content (AvgIpc) is 2.72. The van der Waals surface area contributed by atoms with Crippen LogP contribution in [0.25, 0.3) is 0 Å². The summed E-state index contributed by atoms with van der Waals surface area (Å²) in [4.78, 5) is 26.2. The van der Waals surface area contributed by atoms with Crippen molar-refractivity contribution >= 4 is 17.4 Å². The quantitative estimate of drug-likeness (QED) is 0.274. The number of nitrogens with zero attached hydrogens (tertiary/aromatic N) is 1. The highest BCUT2D eigenvalue weighted by atomic mass is 16.5. The Morgan fingerprint density at radius 2 is 1.86 bits per heavy atom. The predicted octanol–water partition coefficient (Wildman–Crippen LogP) is 2.95. The maximum atomic E-state index is 12.3. The van der Waals surface area contributed by atoms with Gasteiger partial charge in [0, 0.05) is 36.8 Å². The number of hydrogen-bond donors (Lipinski definition) is 1. The third-order valence-electron chi connectivity index (χ3n) is 4.69. The molecule has 0 radical (unpaired) electrons. The van der Waals surface area contributed by atoms with E-state index in [1.807, 2.05) is 24.3 Å². The van der Waals surface area contributed by atoms with Gasteiger partial charge >= 0.3 is 0 Å². The van der Waals surface area contributed by atoms with Crippen molar-refractivity contribution in [1.82, 2.24) is 5.32 Å². The van der Waals surface area contributed by atoms with Gasteiger partial charge in [-0.2, -0.15) is 0 Å². The van der Waals surface area contributed by atoms with E-state index in [2.05, 4.69) is 23.4 Å². The van der Waals surface area contributed by atoms with E-state index in [0.29, 0.717) is 37.7 Å². The van der Waals surface area contributed by atoms with E-state index in [1.54, 1.807) is 6.92 Å². The fraction of sp³-hybridized carbons (Fsp3) is 0.455. The van der Waals surface area contributed by atoms with Crippen LogP contribution < -0.4 is 10.2 Å². The van der Waals surface area contributed by atoms with Crippen LogP contribution in [0.4, 0.5) is 5.69 Å². The zero-order valence-corrected chi connectivity index (χ0v) is 16.6. The summed E-state index contributed by atoms with van der Waals surface area (Å²) in [6.45, 7) is 12.5. The van der Waals surface area contributed by atoms with Gasteiger partial charge in [0.25, 0.3) is 0 Å². The highest BCUT2D eigenvalue weighted by molar-refractivity contribution is 6.04. The average molecular weight is 386 g/mol. The lowest BCUT2D eigenvalue weighted by Gasteiger charge is -2.33. The van der Waals surface area contributed by atoms with Gasteiger partial charge in [-0.05, 0) is 50.1 Å². The number of ether oxygens (including phenoxy) is 2. The molecule has 0 spiro atoms. The molecule has 0 atom stereocenters. The minimum Gasteiger partial charge on any atom is -0.496 e. The fourth-order valence-electron chi connectivity index (χ4n) is 3.12. The third kappa shape index (κ3) is 6.85. The molecule has 1 aromatic rings. The van der Waals surface area contributed by atoms with Gasteiger partial charge in [-0.1, -0.05) is 13.2 Å². The first-order valence-corrected chi connectivity index (χ1v) is 9.67. The maximum absolute atomic E-state index is 12.3. The largest absolute Gasteiger partial charge is 0.496 e. The minimum atomic E-state index is -0.0748. The molecule has 0 aliphatic carbocycles. The van der Waals surface area contributed by atoms with E-state index in [9.17, 15) is 9.59 Å². The molecule has 1 fully saturated rings. The second-order valence-corrected chi connectivity index (χ2v) is 6.83. The van der Waals surface area contributed by atoms with E-state index in [0.717, 1.165) is 31.6 Å². The Kier molecular flexibility index (Phi) is 8.75. The molecule has 1 amide bonds. The van der Waals surface area contributed by atoms with Gasteiger partial charge < -0.3 is 19.7 Å². The van der Waals surface area contributed by atoms with Crippen LogP contribution in [0.3, 0.4) is 0 Å². The third-order valence-corrected chi connectivity index (χ3v) is 4.69. The van der Waals surface area contributed by atoms with E-state index in [-0.39, 0.29) is 17.6 Å². The first-order valence-electron chi connectivity index (χ1n) is 9.67. The molecule has 6 nitrogen and oxygen atoms in total. The van der Waals surface area contributed by atoms with Crippen LogP contribution in [-0.2, 0) is 14.3 Å². The maximum Gasteiger partial charge on any atom is 0.223 e. The van der Waals surface area contributed by atoms with Gasteiger partial charge in [0.15, 0.2) is 5.78 Å². The van der Waals surface area contributed by atoms with Gasteiger partial charge in [0.05, 0.1) is 19.0 Å². The second kappa shape index (κ2) is 11.3. The number of carbonyl (C=O) groups is 2. The summed E-state index contributed by atoms with van der Waals surface area (Å²) in [6.07, 6.45) is 2.94. The number of ketones is 1. The Hall–Kier alpha value is -2.60. The van der Waals surface area contributed by atoms with Crippen LogP contribution in [0, 0.1) is 5.92 Å². The lowest BCUT2D eigenvalue weighted by atomic mass is 9.95. The number of rotatable bonds is 11. The Bertz CT molecular complexity index is 676. The number of piperidine rings is 1. The molecule has 6 heteroatoms. The highest BCUT2D eigenvalue weighted by Gasteiger charge is 2.24. The van der Waals surface area contributed by atoms with Crippen LogP contribution in [-0.4, -0.2) is 51.1 Å². The van der Waals surface area contributed by atoms with Crippen molar-refractivity contribution in [2.75, 3.05) is 44.4 Å². The minimum absolute atomic E-state index is 0.0321. The molecule has 1 N–H and O–H groups in total. The number of amides is 1. The monoisotopic (exact) mass is 386 g/mol. The summed E-state index contributed by atoms with van der Waals surface area (Å²) in [7, 11) is 0. The first kappa shape index (κ1) is 21.7. The first-order chi connectivity index (χ1) is 13.5. The van der Waals surface area contributed by atoms with Crippen molar-refractivity contribution in [2.45, 2.75) is 19.8 Å². The van der Waals surface area contributed by atoms with Crippen molar-refractivity contribution in [3.05, 3.63) is 54.8 Å². The van der Waals surface area contributed by atoms with E-state index >= 15 is 0 Å². The summed E-state index contributed by atoms with van der Waals surface area (Å²) in [5.41, 5.74) is 1.71. The Balaban J connectivity index is 1.66. The van der Waals surface area contributed by atoms with E-state index < -0.39 is 0 Å². The van der Waals surface area contributed by atoms with E-state index in [4.69, 9.17) is 9.47 Å². The van der Waals surface area contributed by atoms with Crippen molar-refractivity contribution in [1.29, 1.82) is 0 Å². The molecule has 0 unspecified atom stereocenters. The number of allylic oxidation sites excluding steroid dienone is 2. The van der Waals surface area contributed by atoms with Crippen LogP contribution >= 0.6 is 0 Å². The van der Waals surface area contributed by atoms with Crippen LogP contribution in [0.1, 0.15) is 30.1 Å². The smallest absolute Gasteiger partial charge is 0.223 e. The lowest BCUT2D eigenvalue weighted by Crippen LogP contribution is -2.41. The number of benzene rings is 1. The standard InChI is InChI=1S/C22H30N2O4/c1-4-21(25)18-5-7-20(8-6-18)24-12-9-19(10-13-24)22(26)23-11-14-27-15-16-28-17(2)3/h4-8,19H,1-2,9-16H2,3H3,(H,23,26). The summed E-state index contributed by atoms with van der Waals surface area (Å²) in [5.74, 6) is 0.719. The molecule has 0 bridgehead atoms. The molecular weight excluding hydrogens is 356 g/mol. The number of nitrogens with one attached hydrogen (secondary N) is 1. The SMILES string of the molecule is C=CC(=O)c1ccc(N2CCC(C(=O)NCCOCCOC(=C)C)CC2)cc1. The highest BCUT2D eigenvalue weighted by Crippen LogP contribution is 2.24.